The first-order valence-electron chi connectivity index (χ1n) is 12.4. The minimum atomic E-state index is -0.372. The van der Waals surface area contributed by atoms with Gasteiger partial charge in [-0.2, -0.15) is 0 Å². The van der Waals surface area contributed by atoms with Crippen molar-refractivity contribution in [1.29, 1.82) is 0 Å². The normalized spacial score (nSPS) is 12.0. The molecule has 1 unspecified atom stereocenters. The van der Waals surface area contributed by atoms with E-state index in [4.69, 9.17) is 9.72 Å². The molecule has 34 heavy (non-hydrogen) atoms. The van der Waals surface area contributed by atoms with Crippen molar-refractivity contribution in [2.75, 3.05) is 13.7 Å². The summed E-state index contributed by atoms with van der Waals surface area (Å²) >= 11 is 0. The van der Waals surface area contributed by atoms with E-state index in [2.05, 4.69) is 13.8 Å². The summed E-state index contributed by atoms with van der Waals surface area (Å²) in [6, 6.07) is 12.8. The standard InChI is InChI=1S/C28H37N3O3/c1-6-8-10-15-26(32)30(18-9-7-2)21(4)27-29-23-14-12-11-13-22(23)28(33)31(27)24-19-20(3)16-17-25(24)34-5/h11-14,16-17,19,21H,6-10,15,18H2,1-5H3. The van der Waals surface area contributed by atoms with Crippen LogP contribution in [0.1, 0.15) is 76.7 Å². The van der Waals surface area contributed by atoms with E-state index in [-0.39, 0.29) is 17.5 Å². The van der Waals surface area contributed by atoms with Gasteiger partial charge in [0.1, 0.15) is 11.6 Å². The molecule has 0 bridgehead atoms. The van der Waals surface area contributed by atoms with E-state index in [1.807, 2.05) is 55.1 Å². The Hall–Kier alpha value is -3.15. The number of ether oxygens (including phenoxy) is 1. The summed E-state index contributed by atoms with van der Waals surface area (Å²) in [5.74, 6) is 1.25. The minimum absolute atomic E-state index is 0.111. The van der Waals surface area contributed by atoms with Gasteiger partial charge in [0.25, 0.3) is 5.56 Å². The van der Waals surface area contributed by atoms with Crippen molar-refractivity contribution in [3.8, 4) is 11.4 Å². The quantitative estimate of drug-likeness (QED) is 0.329. The molecule has 0 aliphatic rings. The lowest BCUT2D eigenvalue weighted by molar-refractivity contribution is -0.133. The molecule has 0 aliphatic carbocycles. The smallest absolute Gasteiger partial charge is 0.266 e. The number of benzene rings is 2. The van der Waals surface area contributed by atoms with Crippen LogP contribution in [-0.2, 0) is 4.79 Å². The van der Waals surface area contributed by atoms with Crippen LogP contribution in [0.2, 0.25) is 0 Å². The molecule has 0 fully saturated rings. The van der Waals surface area contributed by atoms with Gasteiger partial charge in [-0.05, 0) is 56.5 Å². The molecule has 1 heterocycles. The van der Waals surface area contributed by atoms with E-state index < -0.39 is 0 Å². The number of nitrogens with zero attached hydrogens (tertiary/aromatic N) is 3. The molecule has 2 aromatic carbocycles. The Labute approximate surface area is 202 Å². The SMILES string of the molecule is CCCCCC(=O)N(CCCC)C(C)c1nc2ccccc2c(=O)n1-c1cc(C)ccc1OC. The number of para-hydroxylation sites is 1. The van der Waals surface area contributed by atoms with Crippen LogP contribution in [0.25, 0.3) is 16.6 Å². The third-order valence-electron chi connectivity index (χ3n) is 6.29. The molecule has 1 atom stereocenters. The predicted octanol–water partition coefficient (Wildman–Crippen LogP) is 5.97. The number of hydrogen-bond acceptors (Lipinski definition) is 4. The monoisotopic (exact) mass is 463 g/mol. The van der Waals surface area contributed by atoms with Crippen molar-refractivity contribution in [3.05, 3.63) is 64.2 Å². The van der Waals surface area contributed by atoms with Crippen LogP contribution in [0.5, 0.6) is 5.75 Å². The van der Waals surface area contributed by atoms with Crippen molar-refractivity contribution < 1.29 is 9.53 Å². The zero-order valence-electron chi connectivity index (χ0n) is 21.1. The molecule has 6 heteroatoms. The number of methoxy groups -OCH3 is 1. The Morgan fingerprint density at radius 3 is 2.53 bits per heavy atom. The maximum absolute atomic E-state index is 13.8. The van der Waals surface area contributed by atoms with Crippen molar-refractivity contribution in [2.45, 2.75) is 72.3 Å². The Bertz CT molecular complexity index is 1190. The zero-order valence-corrected chi connectivity index (χ0v) is 21.1. The van der Waals surface area contributed by atoms with Gasteiger partial charge in [-0.25, -0.2) is 4.98 Å². The van der Waals surface area contributed by atoms with Crippen molar-refractivity contribution in [2.24, 2.45) is 0 Å². The fraction of sp³-hybridized carbons (Fsp3) is 0.464. The summed E-state index contributed by atoms with van der Waals surface area (Å²) in [5.41, 5.74) is 2.12. The second-order valence-electron chi connectivity index (χ2n) is 8.88. The van der Waals surface area contributed by atoms with Crippen molar-refractivity contribution in [1.82, 2.24) is 14.5 Å². The van der Waals surface area contributed by atoms with Gasteiger partial charge in [-0.15, -0.1) is 0 Å². The molecule has 182 valence electrons. The van der Waals surface area contributed by atoms with E-state index in [9.17, 15) is 9.59 Å². The molecular formula is C28H37N3O3. The third kappa shape index (κ3) is 5.49. The highest BCUT2D eigenvalue weighted by Crippen LogP contribution is 2.29. The molecule has 0 radical (unpaired) electrons. The number of rotatable bonds is 11. The first kappa shape index (κ1) is 25.5. The van der Waals surface area contributed by atoms with Crippen molar-refractivity contribution in [3.63, 3.8) is 0 Å². The summed E-state index contributed by atoms with van der Waals surface area (Å²) in [6.45, 7) is 8.84. The summed E-state index contributed by atoms with van der Waals surface area (Å²) in [4.78, 5) is 33.9. The van der Waals surface area contributed by atoms with Gasteiger partial charge in [0.15, 0.2) is 0 Å². The van der Waals surface area contributed by atoms with E-state index >= 15 is 0 Å². The number of carbonyl (C=O) groups excluding carboxylic acids is 1. The average Bonchev–Trinajstić information content (AvgIpc) is 2.84. The first-order chi connectivity index (χ1) is 16.4. The van der Waals surface area contributed by atoms with Gasteiger partial charge in [0, 0.05) is 13.0 Å². The number of fused-ring (bicyclic) bond motifs is 1. The molecule has 0 N–H and O–H groups in total. The molecule has 3 aromatic rings. The number of carbonyl (C=O) groups is 1. The highest BCUT2D eigenvalue weighted by Gasteiger charge is 2.27. The average molecular weight is 464 g/mol. The van der Waals surface area contributed by atoms with Crippen LogP contribution >= 0.6 is 0 Å². The zero-order chi connectivity index (χ0) is 24.7. The van der Waals surface area contributed by atoms with Gasteiger partial charge in [0.2, 0.25) is 5.91 Å². The fourth-order valence-corrected chi connectivity index (χ4v) is 4.31. The Kier molecular flexibility index (Phi) is 8.85. The van der Waals surface area contributed by atoms with E-state index in [0.717, 1.165) is 37.7 Å². The van der Waals surface area contributed by atoms with Crippen LogP contribution in [-0.4, -0.2) is 34.0 Å². The Morgan fingerprint density at radius 2 is 1.82 bits per heavy atom. The summed E-state index contributed by atoms with van der Waals surface area (Å²) < 4.78 is 7.26. The van der Waals surface area contributed by atoms with Gasteiger partial charge in [0.05, 0.1) is 29.7 Å². The highest BCUT2D eigenvalue weighted by atomic mass is 16.5. The minimum Gasteiger partial charge on any atom is -0.495 e. The molecule has 6 nitrogen and oxygen atoms in total. The van der Waals surface area contributed by atoms with Gasteiger partial charge < -0.3 is 9.64 Å². The Balaban J connectivity index is 2.21. The molecule has 1 amide bonds. The maximum Gasteiger partial charge on any atom is 0.266 e. The van der Waals surface area contributed by atoms with Crippen LogP contribution < -0.4 is 10.3 Å². The van der Waals surface area contributed by atoms with E-state index in [0.29, 0.717) is 41.1 Å². The lowest BCUT2D eigenvalue weighted by Crippen LogP contribution is -2.38. The first-order valence-corrected chi connectivity index (χ1v) is 12.4. The molecule has 1 aromatic heterocycles. The Morgan fingerprint density at radius 1 is 1.09 bits per heavy atom. The summed E-state index contributed by atoms with van der Waals surface area (Å²) in [6.07, 6.45) is 5.35. The fourth-order valence-electron chi connectivity index (χ4n) is 4.31. The summed E-state index contributed by atoms with van der Waals surface area (Å²) in [7, 11) is 1.60. The van der Waals surface area contributed by atoms with Gasteiger partial charge in [-0.3, -0.25) is 14.2 Å². The second-order valence-corrected chi connectivity index (χ2v) is 8.88. The number of hydrogen-bond donors (Lipinski definition) is 0. The molecule has 0 saturated carbocycles. The summed E-state index contributed by atoms with van der Waals surface area (Å²) in [5, 5.41) is 0.538. The number of aryl methyl sites for hydroxylation is 1. The number of aromatic nitrogens is 2. The second kappa shape index (κ2) is 11.8. The molecule has 0 saturated heterocycles. The number of amides is 1. The van der Waals surface area contributed by atoms with Crippen molar-refractivity contribution >= 4 is 16.8 Å². The van der Waals surface area contributed by atoms with Crippen LogP contribution in [0, 0.1) is 6.92 Å². The third-order valence-corrected chi connectivity index (χ3v) is 6.29. The van der Waals surface area contributed by atoms with Crippen LogP contribution in [0.15, 0.2) is 47.3 Å². The van der Waals surface area contributed by atoms with Crippen LogP contribution in [0.3, 0.4) is 0 Å². The predicted molar refractivity (Wildman–Crippen MR) is 138 cm³/mol. The maximum atomic E-state index is 13.8. The topological polar surface area (TPSA) is 64.4 Å². The number of unbranched alkanes of at least 4 members (excludes halogenated alkanes) is 3. The van der Waals surface area contributed by atoms with Gasteiger partial charge >= 0.3 is 0 Å². The highest BCUT2D eigenvalue weighted by molar-refractivity contribution is 5.79. The largest absolute Gasteiger partial charge is 0.495 e. The molecule has 0 spiro atoms. The lowest BCUT2D eigenvalue weighted by atomic mass is 10.1. The lowest BCUT2D eigenvalue weighted by Gasteiger charge is -2.31. The van der Waals surface area contributed by atoms with Gasteiger partial charge in [-0.1, -0.05) is 51.3 Å². The molecule has 0 aliphatic heterocycles. The molecule has 3 rings (SSSR count). The van der Waals surface area contributed by atoms with E-state index in [1.165, 1.54) is 0 Å². The molecular weight excluding hydrogens is 426 g/mol. The van der Waals surface area contributed by atoms with E-state index in [1.54, 1.807) is 17.7 Å². The van der Waals surface area contributed by atoms with Crippen LogP contribution in [0.4, 0.5) is 0 Å².